The lowest BCUT2D eigenvalue weighted by Crippen LogP contribution is -2.41. The predicted octanol–water partition coefficient (Wildman–Crippen LogP) is 7.00. The van der Waals surface area contributed by atoms with Crippen molar-refractivity contribution in [3.05, 3.63) is 125 Å². The van der Waals surface area contributed by atoms with Gasteiger partial charge >= 0.3 is 5.97 Å². The van der Waals surface area contributed by atoms with Crippen molar-refractivity contribution in [3.8, 4) is 5.75 Å². The van der Waals surface area contributed by atoms with Crippen molar-refractivity contribution in [1.29, 1.82) is 0 Å². The number of benzene rings is 5. The third-order valence-electron chi connectivity index (χ3n) is 7.25. The maximum Gasteiger partial charge on any atom is 0.339 e. The molecule has 0 atom stereocenters. The third kappa shape index (κ3) is 3.14. The van der Waals surface area contributed by atoms with Gasteiger partial charge in [0.1, 0.15) is 5.75 Å². The van der Waals surface area contributed by atoms with Gasteiger partial charge in [0.15, 0.2) is 11.4 Å². The zero-order valence-electron chi connectivity index (χ0n) is 20.1. The standard InChI is InChI=1S/C32H24O4/c1-20-24-18-17-21-11-9-10-16-25(21)28(24)30-29(27(20)31(34)35-2)26(33)19-32(36-30,22-12-5-3-6-13-22)23-14-7-4-8-15-23/h3-18H,19H2,1-2H3. The van der Waals surface area contributed by atoms with E-state index in [9.17, 15) is 9.59 Å². The molecule has 0 saturated carbocycles. The molecule has 6 rings (SSSR count). The Hall–Kier alpha value is -4.44. The number of rotatable bonds is 3. The van der Waals surface area contributed by atoms with Gasteiger partial charge in [-0.1, -0.05) is 97.1 Å². The minimum absolute atomic E-state index is 0.0632. The molecular formula is C32H24O4. The summed E-state index contributed by atoms with van der Waals surface area (Å²) in [5.74, 6) is -0.262. The van der Waals surface area contributed by atoms with Crippen molar-refractivity contribution in [2.24, 2.45) is 0 Å². The first-order chi connectivity index (χ1) is 17.5. The Bertz CT molecular complexity index is 1610. The molecule has 1 heterocycles. The van der Waals surface area contributed by atoms with E-state index in [0.29, 0.717) is 16.9 Å². The molecule has 36 heavy (non-hydrogen) atoms. The normalized spacial score (nSPS) is 14.3. The third-order valence-corrected chi connectivity index (χ3v) is 7.25. The number of Topliss-reactive ketones (excluding diaryl/α,β-unsaturated/α-hetero) is 1. The lowest BCUT2D eigenvalue weighted by Gasteiger charge is -2.40. The number of carbonyl (C=O) groups is 2. The van der Waals surface area contributed by atoms with Crippen LogP contribution in [0.15, 0.2) is 97.1 Å². The largest absolute Gasteiger partial charge is 0.476 e. The molecule has 0 bridgehead atoms. The molecule has 0 aliphatic carbocycles. The predicted molar refractivity (Wildman–Crippen MR) is 141 cm³/mol. The average Bonchev–Trinajstić information content (AvgIpc) is 2.93. The first kappa shape index (κ1) is 22.1. The van der Waals surface area contributed by atoms with Gasteiger partial charge in [0, 0.05) is 16.5 Å². The molecule has 5 aromatic carbocycles. The van der Waals surface area contributed by atoms with Crippen molar-refractivity contribution in [1.82, 2.24) is 0 Å². The molecule has 0 fully saturated rings. The number of methoxy groups -OCH3 is 1. The number of esters is 1. The van der Waals surface area contributed by atoms with Crippen molar-refractivity contribution < 1.29 is 19.1 Å². The quantitative estimate of drug-likeness (QED) is 0.210. The minimum atomic E-state index is -1.04. The molecule has 4 heteroatoms. The van der Waals surface area contributed by atoms with Crippen LogP contribution in [0.4, 0.5) is 0 Å². The van der Waals surface area contributed by atoms with Crippen LogP contribution in [0, 0.1) is 6.92 Å². The molecule has 1 aliphatic heterocycles. The highest BCUT2D eigenvalue weighted by Gasteiger charge is 2.46. The van der Waals surface area contributed by atoms with Gasteiger partial charge in [-0.3, -0.25) is 4.79 Å². The Labute approximate surface area is 209 Å². The first-order valence-corrected chi connectivity index (χ1v) is 11.9. The van der Waals surface area contributed by atoms with E-state index in [0.717, 1.165) is 32.7 Å². The number of aryl methyl sites for hydroxylation is 1. The Morgan fingerprint density at radius 2 is 1.42 bits per heavy atom. The second-order valence-electron chi connectivity index (χ2n) is 9.17. The van der Waals surface area contributed by atoms with E-state index >= 15 is 0 Å². The maximum atomic E-state index is 14.1. The molecular weight excluding hydrogens is 448 g/mol. The Kier molecular flexibility index (Phi) is 5.11. The molecule has 0 saturated heterocycles. The molecule has 5 aromatic rings. The van der Waals surface area contributed by atoms with Crippen LogP contribution in [0.3, 0.4) is 0 Å². The SMILES string of the molecule is COC(=O)c1c2c(c3c(ccc4ccccc43)c1C)OC(c1ccccc1)(c1ccccc1)CC2=O. The van der Waals surface area contributed by atoms with Crippen LogP contribution in [-0.4, -0.2) is 18.9 Å². The lowest BCUT2D eigenvalue weighted by atomic mass is 9.76. The second kappa shape index (κ2) is 8.35. The van der Waals surface area contributed by atoms with E-state index < -0.39 is 11.6 Å². The summed E-state index contributed by atoms with van der Waals surface area (Å²) in [4.78, 5) is 27.2. The summed E-state index contributed by atoms with van der Waals surface area (Å²) in [5.41, 5.74) is 2.00. The Morgan fingerprint density at radius 1 is 0.806 bits per heavy atom. The van der Waals surface area contributed by atoms with E-state index in [2.05, 4.69) is 0 Å². The number of ether oxygens (including phenoxy) is 2. The van der Waals surface area contributed by atoms with Gasteiger partial charge in [0.05, 0.1) is 24.7 Å². The van der Waals surface area contributed by atoms with Gasteiger partial charge in [-0.2, -0.15) is 0 Å². The van der Waals surface area contributed by atoms with E-state index in [4.69, 9.17) is 9.47 Å². The molecule has 0 amide bonds. The summed E-state index contributed by atoms with van der Waals surface area (Å²) in [6, 6.07) is 31.7. The summed E-state index contributed by atoms with van der Waals surface area (Å²) in [6.07, 6.45) is 0.0632. The molecule has 4 nitrogen and oxygen atoms in total. The van der Waals surface area contributed by atoms with Gasteiger partial charge in [-0.15, -0.1) is 0 Å². The van der Waals surface area contributed by atoms with E-state index in [1.165, 1.54) is 7.11 Å². The summed E-state index contributed by atoms with van der Waals surface area (Å²) in [6.45, 7) is 1.87. The van der Waals surface area contributed by atoms with Crippen molar-refractivity contribution >= 4 is 33.3 Å². The number of carbonyl (C=O) groups excluding carboxylic acids is 2. The van der Waals surface area contributed by atoms with Crippen LogP contribution in [0.25, 0.3) is 21.5 Å². The number of ketones is 1. The highest BCUT2D eigenvalue weighted by molar-refractivity contribution is 6.21. The van der Waals surface area contributed by atoms with Crippen LogP contribution in [0.5, 0.6) is 5.75 Å². The Morgan fingerprint density at radius 3 is 2.06 bits per heavy atom. The van der Waals surface area contributed by atoms with Crippen molar-refractivity contribution in [3.63, 3.8) is 0 Å². The molecule has 1 aliphatic rings. The summed E-state index contributed by atoms with van der Waals surface area (Å²) in [7, 11) is 1.34. The molecule has 0 spiro atoms. The van der Waals surface area contributed by atoms with Crippen LogP contribution < -0.4 is 4.74 Å². The zero-order chi connectivity index (χ0) is 24.9. The molecule has 0 radical (unpaired) electrons. The summed E-state index contributed by atoms with van der Waals surface area (Å²) in [5, 5.41) is 3.69. The number of hydrogen-bond acceptors (Lipinski definition) is 4. The number of fused-ring (bicyclic) bond motifs is 5. The van der Waals surface area contributed by atoms with Gasteiger partial charge < -0.3 is 9.47 Å². The summed E-state index contributed by atoms with van der Waals surface area (Å²) < 4.78 is 12.2. The zero-order valence-corrected chi connectivity index (χ0v) is 20.1. The summed E-state index contributed by atoms with van der Waals surface area (Å²) >= 11 is 0. The fraction of sp³-hybridized carbons (Fsp3) is 0.125. The smallest absolute Gasteiger partial charge is 0.339 e. The molecule has 0 aromatic heterocycles. The van der Waals surface area contributed by atoms with Gasteiger partial charge in [0.2, 0.25) is 0 Å². The topological polar surface area (TPSA) is 52.6 Å². The molecule has 0 N–H and O–H groups in total. The monoisotopic (exact) mass is 472 g/mol. The van der Waals surface area contributed by atoms with Crippen molar-refractivity contribution in [2.45, 2.75) is 18.9 Å². The molecule has 176 valence electrons. The minimum Gasteiger partial charge on any atom is -0.476 e. The fourth-order valence-corrected chi connectivity index (χ4v) is 5.54. The number of hydrogen-bond donors (Lipinski definition) is 0. The van der Waals surface area contributed by atoms with Gasteiger partial charge in [-0.25, -0.2) is 4.79 Å². The van der Waals surface area contributed by atoms with E-state index in [1.54, 1.807) is 0 Å². The van der Waals surface area contributed by atoms with E-state index in [-0.39, 0.29) is 17.8 Å². The highest BCUT2D eigenvalue weighted by atomic mass is 16.5. The van der Waals surface area contributed by atoms with Gasteiger partial charge in [0.25, 0.3) is 0 Å². The lowest BCUT2D eigenvalue weighted by molar-refractivity contribution is 0.0556. The molecule has 0 unspecified atom stereocenters. The van der Waals surface area contributed by atoms with Crippen LogP contribution >= 0.6 is 0 Å². The second-order valence-corrected chi connectivity index (χ2v) is 9.17. The highest BCUT2D eigenvalue weighted by Crippen LogP contribution is 2.50. The van der Waals surface area contributed by atoms with Crippen LogP contribution in [-0.2, 0) is 10.3 Å². The van der Waals surface area contributed by atoms with Crippen molar-refractivity contribution in [2.75, 3.05) is 7.11 Å². The van der Waals surface area contributed by atoms with Crippen LogP contribution in [0.2, 0.25) is 0 Å². The fourth-order valence-electron chi connectivity index (χ4n) is 5.54. The van der Waals surface area contributed by atoms with E-state index in [1.807, 2.05) is 104 Å². The van der Waals surface area contributed by atoms with Crippen LogP contribution in [0.1, 0.15) is 43.8 Å². The Balaban J connectivity index is 1.77. The average molecular weight is 473 g/mol. The van der Waals surface area contributed by atoms with Gasteiger partial charge in [-0.05, 0) is 28.6 Å². The maximum absolute atomic E-state index is 14.1. The first-order valence-electron chi connectivity index (χ1n) is 11.9.